The van der Waals surface area contributed by atoms with E-state index in [1.165, 1.54) is 23.5 Å². The fourth-order valence-electron chi connectivity index (χ4n) is 1.64. The van der Waals surface area contributed by atoms with Crippen molar-refractivity contribution in [1.29, 1.82) is 0 Å². The molecule has 0 aliphatic rings. The molecule has 1 heterocycles. The Balaban J connectivity index is 2.29. The molecule has 0 radical (unpaired) electrons. The first-order valence-corrected chi connectivity index (χ1v) is 6.70. The van der Waals surface area contributed by atoms with Crippen LogP contribution < -0.4 is 11.1 Å². The molecular weight excluding hydrogens is 286 g/mol. The predicted octanol–water partition coefficient (Wildman–Crippen LogP) is 3.00. The highest BCUT2D eigenvalue weighted by molar-refractivity contribution is 7.09. The normalized spacial score (nSPS) is 10.4. The monoisotopic (exact) mass is 297 g/mol. The molecule has 7 heteroatoms. The summed E-state index contributed by atoms with van der Waals surface area (Å²) in [7, 11) is 0. The van der Waals surface area contributed by atoms with Crippen molar-refractivity contribution in [3.05, 3.63) is 38.8 Å². The summed E-state index contributed by atoms with van der Waals surface area (Å²) in [6.45, 7) is 2.37. The summed E-state index contributed by atoms with van der Waals surface area (Å²) in [4.78, 5) is 16.4. The molecule has 1 aromatic heterocycles. The SMILES string of the molecule is Cc1ncsc1CNc1c(Cl)cc(N)cc1C(=O)O. The number of anilines is 2. The average molecular weight is 298 g/mol. The van der Waals surface area contributed by atoms with Gasteiger partial charge in [-0.25, -0.2) is 9.78 Å². The highest BCUT2D eigenvalue weighted by atomic mass is 35.5. The number of halogens is 1. The lowest BCUT2D eigenvalue weighted by atomic mass is 10.1. The van der Waals surface area contributed by atoms with Crippen molar-refractivity contribution in [1.82, 2.24) is 4.98 Å². The van der Waals surface area contributed by atoms with Gasteiger partial charge in [0, 0.05) is 10.6 Å². The van der Waals surface area contributed by atoms with Gasteiger partial charge in [-0.1, -0.05) is 11.6 Å². The number of thiazole rings is 1. The second-order valence-corrected chi connectivity index (χ2v) is 5.29. The van der Waals surface area contributed by atoms with Crippen LogP contribution in [-0.2, 0) is 6.54 Å². The number of nitrogens with two attached hydrogens (primary N) is 1. The number of carboxylic acids is 1. The van der Waals surface area contributed by atoms with Gasteiger partial charge in [-0.15, -0.1) is 11.3 Å². The number of aromatic carboxylic acids is 1. The zero-order valence-corrected chi connectivity index (χ0v) is 11.7. The van der Waals surface area contributed by atoms with E-state index in [1.807, 2.05) is 6.92 Å². The number of aryl methyl sites for hydroxylation is 1. The van der Waals surface area contributed by atoms with Crippen LogP contribution in [-0.4, -0.2) is 16.1 Å². The lowest BCUT2D eigenvalue weighted by Crippen LogP contribution is -2.08. The summed E-state index contributed by atoms with van der Waals surface area (Å²) >= 11 is 7.54. The molecular formula is C12H12ClN3O2S. The topological polar surface area (TPSA) is 88.2 Å². The minimum atomic E-state index is -1.07. The molecule has 0 bridgehead atoms. The van der Waals surface area contributed by atoms with Crippen LogP contribution >= 0.6 is 22.9 Å². The van der Waals surface area contributed by atoms with E-state index >= 15 is 0 Å². The summed E-state index contributed by atoms with van der Waals surface area (Å²) in [6.07, 6.45) is 0. The Labute approximate surface area is 119 Å². The van der Waals surface area contributed by atoms with Gasteiger partial charge in [0.05, 0.1) is 34.0 Å². The van der Waals surface area contributed by atoms with Crippen molar-refractivity contribution in [2.24, 2.45) is 0 Å². The van der Waals surface area contributed by atoms with Gasteiger partial charge < -0.3 is 16.2 Å². The zero-order valence-electron chi connectivity index (χ0n) is 10.1. The Kier molecular flexibility index (Phi) is 3.92. The van der Waals surface area contributed by atoms with E-state index in [0.29, 0.717) is 22.9 Å². The summed E-state index contributed by atoms with van der Waals surface area (Å²) in [5.41, 5.74) is 9.01. The van der Waals surface area contributed by atoms with Crippen LogP contribution in [0.2, 0.25) is 5.02 Å². The van der Waals surface area contributed by atoms with Gasteiger partial charge >= 0.3 is 5.97 Å². The van der Waals surface area contributed by atoms with Gasteiger partial charge in [0.15, 0.2) is 0 Å². The lowest BCUT2D eigenvalue weighted by molar-refractivity contribution is 0.0698. The molecule has 1 aromatic carbocycles. The summed E-state index contributed by atoms with van der Waals surface area (Å²) in [5, 5.41) is 12.5. The highest BCUT2D eigenvalue weighted by Gasteiger charge is 2.15. The molecule has 2 aromatic rings. The second kappa shape index (κ2) is 5.46. The molecule has 4 N–H and O–H groups in total. The number of aromatic nitrogens is 1. The van der Waals surface area contributed by atoms with Crippen LogP contribution in [0.25, 0.3) is 0 Å². The Bertz CT molecular complexity index is 627. The van der Waals surface area contributed by atoms with Crippen molar-refractivity contribution in [2.45, 2.75) is 13.5 Å². The third-order valence-corrected chi connectivity index (χ3v) is 3.85. The van der Waals surface area contributed by atoms with Crippen LogP contribution in [0.1, 0.15) is 20.9 Å². The first-order valence-electron chi connectivity index (χ1n) is 5.44. The minimum Gasteiger partial charge on any atom is -0.478 e. The fourth-order valence-corrected chi connectivity index (χ4v) is 2.65. The molecule has 0 fully saturated rings. The second-order valence-electron chi connectivity index (χ2n) is 3.94. The third kappa shape index (κ3) is 2.97. The zero-order chi connectivity index (χ0) is 14.0. The molecule has 5 nitrogen and oxygen atoms in total. The van der Waals surface area contributed by atoms with Crippen molar-refractivity contribution < 1.29 is 9.90 Å². The number of hydrogen-bond donors (Lipinski definition) is 3. The van der Waals surface area contributed by atoms with Crippen molar-refractivity contribution >= 4 is 40.3 Å². The Morgan fingerprint density at radius 3 is 2.89 bits per heavy atom. The fraction of sp³-hybridized carbons (Fsp3) is 0.167. The lowest BCUT2D eigenvalue weighted by Gasteiger charge is -2.12. The molecule has 0 saturated carbocycles. The van der Waals surface area contributed by atoms with E-state index < -0.39 is 5.97 Å². The van der Waals surface area contributed by atoms with Gasteiger partial charge in [-0.2, -0.15) is 0 Å². The number of nitrogens with one attached hydrogen (secondary N) is 1. The minimum absolute atomic E-state index is 0.0622. The molecule has 0 aliphatic heterocycles. The average Bonchev–Trinajstić information content (AvgIpc) is 2.73. The maximum absolute atomic E-state index is 11.2. The molecule has 0 saturated heterocycles. The van der Waals surface area contributed by atoms with Crippen LogP contribution in [0.3, 0.4) is 0 Å². The van der Waals surface area contributed by atoms with Gasteiger partial charge in [0.2, 0.25) is 0 Å². The quantitative estimate of drug-likeness (QED) is 0.755. The van der Waals surface area contributed by atoms with Crippen molar-refractivity contribution in [3.8, 4) is 0 Å². The smallest absolute Gasteiger partial charge is 0.337 e. The number of benzene rings is 1. The van der Waals surface area contributed by atoms with E-state index in [4.69, 9.17) is 22.4 Å². The molecule has 100 valence electrons. The number of rotatable bonds is 4. The molecule has 19 heavy (non-hydrogen) atoms. The van der Waals surface area contributed by atoms with E-state index in [1.54, 1.807) is 5.51 Å². The predicted molar refractivity (Wildman–Crippen MR) is 77.0 cm³/mol. The van der Waals surface area contributed by atoms with E-state index in [-0.39, 0.29) is 5.56 Å². The maximum Gasteiger partial charge on any atom is 0.337 e. The van der Waals surface area contributed by atoms with Crippen molar-refractivity contribution in [2.75, 3.05) is 11.1 Å². The highest BCUT2D eigenvalue weighted by Crippen LogP contribution is 2.30. The Hall–Kier alpha value is -1.79. The number of carboxylic acid groups (broad SMARTS) is 1. The van der Waals surface area contributed by atoms with Gasteiger partial charge in [-0.3, -0.25) is 0 Å². The van der Waals surface area contributed by atoms with E-state index in [2.05, 4.69) is 10.3 Å². The largest absolute Gasteiger partial charge is 0.478 e. The number of nitrogens with zero attached hydrogens (tertiary/aromatic N) is 1. The molecule has 2 rings (SSSR count). The van der Waals surface area contributed by atoms with Gasteiger partial charge in [0.1, 0.15) is 0 Å². The summed E-state index contributed by atoms with van der Waals surface area (Å²) < 4.78 is 0. The summed E-state index contributed by atoms with van der Waals surface area (Å²) in [5.74, 6) is -1.07. The molecule has 0 atom stereocenters. The first-order chi connectivity index (χ1) is 8.99. The number of hydrogen-bond acceptors (Lipinski definition) is 5. The molecule has 0 unspecified atom stereocenters. The van der Waals surface area contributed by atoms with Crippen LogP contribution in [0.5, 0.6) is 0 Å². The standard InChI is InChI=1S/C12H12ClN3O2S/c1-6-10(19-5-16-6)4-15-11-8(12(17)18)2-7(14)3-9(11)13/h2-3,5,15H,4,14H2,1H3,(H,17,18). The van der Waals surface area contributed by atoms with Crippen LogP contribution in [0, 0.1) is 6.92 Å². The van der Waals surface area contributed by atoms with Crippen molar-refractivity contribution in [3.63, 3.8) is 0 Å². The van der Waals surface area contributed by atoms with Crippen LogP contribution in [0.4, 0.5) is 11.4 Å². The van der Waals surface area contributed by atoms with Gasteiger partial charge in [-0.05, 0) is 19.1 Å². The van der Waals surface area contributed by atoms with Gasteiger partial charge in [0.25, 0.3) is 0 Å². The van der Waals surface area contributed by atoms with Crippen LogP contribution in [0.15, 0.2) is 17.6 Å². The molecule has 0 spiro atoms. The Morgan fingerprint density at radius 1 is 1.58 bits per heavy atom. The Morgan fingerprint density at radius 2 is 2.32 bits per heavy atom. The third-order valence-electron chi connectivity index (χ3n) is 2.61. The summed E-state index contributed by atoms with van der Waals surface area (Å²) in [6, 6.07) is 2.91. The molecule has 0 aliphatic carbocycles. The number of nitrogen functional groups attached to an aromatic ring is 1. The molecule has 0 amide bonds. The number of carbonyl (C=O) groups is 1. The van der Waals surface area contributed by atoms with E-state index in [9.17, 15) is 4.79 Å². The van der Waals surface area contributed by atoms with E-state index in [0.717, 1.165) is 10.6 Å². The maximum atomic E-state index is 11.2. The first kappa shape index (κ1) is 13.6.